The van der Waals surface area contributed by atoms with E-state index in [9.17, 15) is 12.8 Å². The topological polar surface area (TPSA) is 81.2 Å². The third-order valence-corrected chi connectivity index (χ3v) is 6.81. The van der Waals surface area contributed by atoms with E-state index in [4.69, 9.17) is 17.3 Å². The Morgan fingerprint density at radius 3 is 2.72 bits per heavy atom. The number of allylic oxidation sites excluding steroid dienone is 1. The van der Waals surface area contributed by atoms with Gasteiger partial charge in [-0.2, -0.15) is 0 Å². The van der Waals surface area contributed by atoms with Gasteiger partial charge < -0.3 is 10.3 Å². The summed E-state index contributed by atoms with van der Waals surface area (Å²) in [6.45, 7) is 1.92. The molecule has 0 bridgehead atoms. The molecule has 2 N–H and O–H groups in total. The van der Waals surface area contributed by atoms with E-state index >= 15 is 0 Å². The summed E-state index contributed by atoms with van der Waals surface area (Å²) in [5, 5.41) is 1.26. The Balaban J connectivity index is 2.28. The molecule has 29 heavy (non-hydrogen) atoms. The van der Waals surface area contributed by atoms with Crippen LogP contribution in [0.2, 0.25) is 5.02 Å². The predicted octanol–water partition coefficient (Wildman–Crippen LogP) is 3.73. The molecule has 0 aliphatic rings. The van der Waals surface area contributed by atoms with Crippen molar-refractivity contribution in [3.63, 3.8) is 0 Å². The molecule has 0 unspecified atom stereocenters. The van der Waals surface area contributed by atoms with E-state index in [0.717, 1.165) is 20.9 Å². The van der Waals surface area contributed by atoms with E-state index in [1.165, 1.54) is 26.4 Å². The number of halogens is 2. The average molecular weight is 437 g/mol. The molecule has 0 spiro atoms. The van der Waals surface area contributed by atoms with Crippen molar-refractivity contribution >= 4 is 32.5 Å². The van der Waals surface area contributed by atoms with Crippen LogP contribution in [0.4, 0.5) is 4.39 Å². The minimum Gasteiger partial charge on any atom is -0.336 e. The second-order valence-corrected chi connectivity index (χ2v) is 9.33. The molecule has 0 aliphatic heterocycles. The normalized spacial score (nSPS) is 12.9. The first-order chi connectivity index (χ1) is 13.7. The van der Waals surface area contributed by atoms with Crippen molar-refractivity contribution in [3.05, 3.63) is 59.3 Å². The number of aromatic nitrogens is 2. The second-order valence-electron chi connectivity index (χ2n) is 6.77. The van der Waals surface area contributed by atoms with Crippen molar-refractivity contribution in [1.82, 2.24) is 13.9 Å². The first kappa shape index (κ1) is 21.4. The molecule has 2 aromatic heterocycles. The van der Waals surface area contributed by atoms with Crippen LogP contribution in [0, 0.1) is 6.92 Å². The predicted molar refractivity (Wildman–Crippen MR) is 114 cm³/mol. The highest BCUT2D eigenvalue weighted by Crippen LogP contribution is 2.38. The van der Waals surface area contributed by atoms with Gasteiger partial charge in [-0.3, -0.25) is 4.98 Å². The summed E-state index contributed by atoms with van der Waals surface area (Å²) in [6.07, 6.45) is 4.21. The van der Waals surface area contributed by atoms with Crippen molar-refractivity contribution in [2.75, 3.05) is 20.6 Å². The third-order valence-electron chi connectivity index (χ3n) is 4.72. The third kappa shape index (κ3) is 3.93. The number of nitrogens with two attached hydrogens (primary N) is 1. The van der Waals surface area contributed by atoms with Gasteiger partial charge in [-0.05, 0) is 25.1 Å². The Labute approximate surface area is 174 Å². The Kier molecular flexibility index (Phi) is 6.09. The molecule has 0 fully saturated rings. The van der Waals surface area contributed by atoms with Gasteiger partial charge in [0.25, 0.3) is 0 Å². The highest BCUT2D eigenvalue weighted by molar-refractivity contribution is 7.89. The van der Waals surface area contributed by atoms with E-state index in [-0.39, 0.29) is 23.8 Å². The molecule has 3 aromatic rings. The van der Waals surface area contributed by atoms with Crippen LogP contribution in [-0.4, -0.2) is 42.9 Å². The fraction of sp³-hybridized carbons (Fsp3) is 0.250. The zero-order valence-electron chi connectivity index (χ0n) is 16.4. The molecular formula is C20H22ClFN4O2S. The van der Waals surface area contributed by atoms with Gasteiger partial charge in [-0.15, -0.1) is 0 Å². The van der Waals surface area contributed by atoms with Crippen molar-refractivity contribution < 1.29 is 12.8 Å². The van der Waals surface area contributed by atoms with Crippen LogP contribution >= 0.6 is 11.6 Å². The van der Waals surface area contributed by atoms with E-state index < -0.39 is 10.0 Å². The lowest BCUT2D eigenvalue weighted by molar-refractivity contribution is 0.520. The summed E-state index contributed by atoms with van der Waals surface area (Å²) in [5.41, 5.74) is 8.20. The standard InChI is InChI=1S/C20H22ClFN4O2S/c1-13-19(14-9-16(11-24-10-14)29(27,28)25(2)3)17-5-4-6-18(21)20(17)26(13)12-15(22)7-8-23/h4-7,9-11H,8,12,23H2,1-3H3. The van der Waals surface area contributed by atoms with Crippen molar-refractivity contribution in [2.24, 2.45) is 5.73 Å². The van der Waals surface area contributed by atoms with Crippen LogP contribution in [0.1, 0.15) is 5.69 Å². The number of sulfonamides is 1. The number of pyridine rings is 1. The summed E-state index contributed by atoms with van der Waals surface area (Å²) in [4.78, 5) is 4.21. The molecule has 154 valence electrons. The van der Waals surface area contributed by atoms with Crippen LogP contribution in [-0.2, 0) is 16.6 Å². The number of fused-ring (bicyclic) bond motifs is 1. The number of benzene rings is 1. The molecule has 6 nitrogen and oxygen atoms in total. The number of rotatable bonds is 6. The summed E-state index contributed by atoms with van der Waals surface area (Å²) in [6, 6.07) is 6.98. The molecule has 0 atom stereocenters. The van der Waals surface area contributed by atoms with E-state index in [2.05, 4.69) is 4.98 Å². The molecule has 0 radical (unpaired) electrons. The van der Waals surface area contributed by atoms with E-state index in [1.54, 1.807) is 29.0 Å². The van der Waals surface area contributed by atoms with Crippen LogP contribution in [0.5, 0.6) is 0 Å². The second kappa shape index (κ2) is 8.23. The summed E-state index contributed by atoms with van der Waals surface area (Å²) in [7, 11) is -0.719. The molecule has 0 aliphatic carbocycles. The number of nitrogens with zero attached hydrogens (tertiary/aromatic N) is 3. The Morgan fingerprint density at radius 2 is 2.07 bits per heavy atom. The van der Waals surface area contributed by atoms with Crippen LogP contribution in [0.3, 0.4) is 0 Å². The molecule has 3 rings (SSSR count). The zero-order valence-corrected chi connectivity index (χ0v) is 17.9. The fourth-order valence-electron chi connectivity index (χ4n) is 3.30. The maximum Gasteiger partial charge on any atom is 0.244 e. The maximum atomic E-state index is 14.3. The van der Waals surface area contributed by atoms with Gasteiger partial charge in [0.1, 0.15) is 10.7 Å². The number of para-hydroxylation sites is 1. The molecule has 9 heteroatoms. The highest BCUT2D eigenvalue weighted by atomic mass is 35.5. The summed E-state index contributed by atoms with van der Waals surface area (Å²) >= 11 is 6.44. The molecular weight excluding hydrogens is 415 g/mol. The zero-order chi connectivity index (χ0) is 21.3. The molecule has 2 heterocycles. The molecule has 0 saturated carbocycles. The SMILES string of the molecule is Cc1c(-c2cncc(S(=O)(=O)N(C)C)c2)c2cccc(Cl)c2n1CC(F)=CCN. The van der Waals surface area contributed by atoms with Gasteiger partial charge in [-0.1, -0.05) is 23.7 Å². The van der Waals surface area contributed by atoms with Crippen molar-refractivity contribution in [1.29, 1.82) is 0 Å². The lowest BCUT2D eigenvalue weighted by Gasteiger charge is -2.12. The van der Waals surface area contributed by atoms with Gasteiger partial charge in [0.15, 0.2) is 0 Å². The van der Waals surface area contributed by atoms with Crippen LogP contribution in [0.15, 0.2) is 53.5 Å². The van der Waals surface area contributed by atoms with Crippen LogP contribution < -0.4 is 5.73 Å². The Bertz CT molecular complexity index is 1200. The van der Waals surface area contributed by atoms with Crippen molar-refractivity contribution in [3.8, 4) is 11.1 Å². The van der Waals surface area contributed by atoms with Gasteiger partial charge in [-0.25, -0.2) is 17.1 Å². The lowest BCUT2D eigenvalue weighted by atomic mass is 10.0. The summed E-state index contributed by atoms with van der Waals surface area (Å²) < 4.78 is 42.2. The summed E-state index contributed by atoms with van der Waals surface area (Å²) in [5.74, 6) is -0.374. The molecule has 1 aromatic carbocycles. The van der Waals surface area contributed by atoms with E-state index in [0.29, 0.717) is 16.1 Å². The number of hydrogen-bond acceptors (Lipinski definition) is 4. The Hall–Kier alpha value is -2.26. The quantitative estimate of drug-likeness (QED) is 0.638. The van der Waals surface area contributed by atoms with Crippen molar-refractivity contribution in [2.45, 2.75) is 18.4 Å². The van der Waals surface area contributed by atoms with Gasteiger partial charge >= 0.3 is 0 Å². The highest BCUT2D eigenvalue weighted by Gasteiger charge is 2.22. The van der Waals surface area contributed by atoms with Crippen LogP contribution in [0.25, 0.3) is 22.0 Å². The average Bonchev–Trinajstić information content (AvgIpc) is 2.94. The number of hydrogen-bond donors (Lipinski definition) is 1. The first-order valence-electron chi connectivity index (χ1n) is 8.88. The van der Waals surface area contributed by atoms with E-state index in [1.807, 2.05) is 13.0 Å². The first-order valence-corrected chi connectivity index (χ1v) is 10.7. The van der Waals surface area contributed by atoms with Gasteiger partial charge in [0.05, 0.1) is 17.1 Å². The maximum absolute atomic E-state index is 14.3. The smallest absolute Gasteiger partial charge is 0.244 e. The van der Waals surface area contributed by atoms with Gasteiger partial charge in [0, 0.05) is 55.2 Å². The molecule has 0 amide bonds. The lowest BCUT2D eigenvalue weighted by Crippen LogP contribution is -2.22. The minimum absolute atomic E-state index is 0.0214. The monoisotopic (exact) mass is 436 g/mol. The minimum atomic E-state index is -3.65. The largest absolute Gasteiger partial charge is 0.336 e. The Morgan fingerprint density at radius 1 is 1.34 bits per heavy atom. The fourth-order valence-corrected chi connectivity index (χ4v) is 4.47. The molecule has 0 saturated heterocycles. The van der Waals surface area contributed by atoms with Gasteiger partial charge in [0.2, 0.25) is 10.0 Å².